The minimum atomic E-state index is -1.05. The largest absolute Gasteiger partial charge is 0.455 e. The van der Waals surface area contributed by atoms with Crippen molar-refractivity contribution in [1.82, 2.24) is 5.16 Å². The lowest BCUT2D eigenvalue weighted by Crippen LogP contribution is -2.11. The SMILES string of the molecule is CC(=O)Oc1c2c3c(noc3c3ccccc13)C(Oc1ccccc1)=CC2O. The van der Waals surface area contributed by atoms with Crippen molar-refractivity contribution in [2.75, 3.05) is 0 Å². The summed E-state index contributed by atoms with van der Waals surface area (Å²) in [5, 5.41) is 17.1. The lowest BCUT2D eigenvalue weighted by molar-refractivity contribution is -0.131. The topological polar surface area (TPSA) is 81.8 Å². The Morgan fingerprint density at radius 3 is 2.54 bits per heavy atom. The number of ether oxygens (including phenoxy) is 2. The zero-order valence-corrected chi connectivity index (χ0v) is 14.9. The lowest BCUT2D eigenvalue weighted by Gasteiger charge is -2.21. The van der Waals surface area contributed by atoms with Crippen LogP contribution in [0.5, 0.6) is 11.5 Å². The predicted octanol–water partition coefficient (Wildman–Crippen LogP) is 4.37. The number of nitrogens with zero attached hydrogens (tertiary/aromatic N) is 1. The molecule has 1 heterocycles. The molecule has 5 rings (SSSR count). The Labute approximate surface area is 159 Å². The quantitative estimate of drug-likeness (QED) is 0.424. The van der Waals surface area contributed by atoms with E-state index in [0.717, 1.165) is 5.39 Å². The highest BCUT2D eigenvalue weighted by Gasteiger charge is 2.32. The Kier molecular flexibility index (Phi) is 3.67. The Bertz CT molecular complexity index is 1260. The maximum Gasteiger partial charge on any atom is 0.308 e. The van der Waals surface area contributed by atoms with Gasteiger partial charge in [0.05, 0.1) is 5.39 Å². The van der Waals surface area contributed by atoms with Crippen molar-refractivity contribution in [2.45, 2.75) is 13.0 Å². The third kappa shape index (κ3) is 2.46. The van der Waals surface area contributed by atoms with Gasteiger partial charge in [0, 0.05) is 23.3 Å². The molecule has 0 fully saturated rings. The molecule has 1 aliphatic carbocycles. The van der Waals surface area contributed by atoms with E-state index in [2.05, 4.69) is 5.16 Å². The molecule has 28 heavy (non-hydrogen) atoms. The molecular weight excluding hydrogens is 358 g/mol. The van der Waals surface area contributed by atoms with Gasteiger partial charge in [-0.1, -0.05) is 47.6 Å². The molecule has 6 nitrogen and oxygen atoms in total. The van der Waals surface area contributed by atoms with Crippen LogP contribution in [0.25, 0.3) is 27.5 Å². The first-order chi connectivity index (χ1) is 13.6. The molecule has 4 aromatic rings. The van der Waals surface area contributed by atoms with Crippen LogP contribution in [0.3, 0.4) is 0 Å². The molecule has 3 aromatic carbocycles. The summed E-state index contributed by atoms with van der Waals surface area (Å²) in [4.78, 5) is 11.7. The minimum absolute atomic E-state index is 0.308. The van der Waals surface area contributed by atoms with Crippen LogP contribution in [0.1, 0.15) is 24.3 Å². The third-order valence-electron chi connectivity index (χ3n) is 4.68. The van der Waals surface area contributed by atoms with Crippen molar-refractivity contribution in [2.24, 2.45) is 0 Å². The fourth-order valence-corrected chi connectivity index (χ4v) is 3.57. The van der Waals surface area contributed by atoms with E-state index in [-0.39, 0.29) is 0 Å². The second-order valence-electron chi connectivity index (χ2n) is 6.51. The maximum absolute atomic E-state index is 11.7. The highest BCUT2D eigenvalue weighted by Crippen LogP contribution is 2.47. The van der Waals surface area contributed by atoms with E-state index in [1.807, 2.05) is 54.6 Å². The number of carbonyl (C=O) groups excluding carboxylic acids is 1. The monoisotopic (exact) mass is 373 g/mol. The standard InChI is InChI=1S/C22H15NO5/c1-12(24)26-21-14-9-5-6-10-15(14)22-19-18(21)16(25)11-17(20(19)23-28-22)27-13-7-3-2-4-8-13/h2-11,16,25H,1H3. The molecule has 1 N–H and O–H groups in total. The number of aliphatic hydroxyl groups is 1. The van der Waals surface area contributed by atoms with E-state index in [9.17, 15) is 9.90 Å². The van der Waals surface area contributed by atoms with E-state index in [4.69, 9.17) is 14.0 Å². The highest BCUT2D eigenvalue weighted by molar-refractivity contribution is 6.13. The average molecular weight is 373 g/mol. The van der Waals surface area contributed by atoms with Gasteiger partial charge in [-0.05, 0) is 18.2 Å². The number of hydrogen-bond donors (Lipinski definition) is 1. The van der Waals surface area contributed by atoms with Crippen molar-refractivity contribution in [3.63, 3.8) is 0 Å². The average Bonchev–Trinajstić information content (AvgIpc) is 3.13. The van der Waals surface area contributed by atoms with Gasteiger partial charge < -0.3 is 19.1 Å². The predicted molar refractivity (Wildman–Crippen MR) is 103 cm³/mol. The Hall–Kier alpha value is -3.64. The molecule has 1 aromatic heterocycles. The fraction of sp³-hybridized carbons (Fsp3) is 0.0909. The van der Waals surface area contributed by atoms with E-state index in [0.29, 0.717) is 44.9 Å². The molecule has 1 unspecified atom stereocenters. The van der Waals surface area contributed by atoms with Gasteiger partial charge in [-0.2, -0.15) is 0 Å². The van der Waals surface area contributed by atoms with Crippen LogP contribution in [0.4, 0.5) is 0 Å². The number of para-hydroxylation sites is 1. The molecule has 1 atom stereocenters. The van der Waals surface area contributed by atoms with Crippen molar-refractivity contribution < 1.29 is 23.9 Å². The Morgan fingerprint density at radius 1 is 1.07 bits per heavy atom. The number of benzene rings is 3. The fourth-order valence-electron chi connectivity index (χ4n) is 3.57. The third-order valence-corrected chi connectivity index (χ3v) is 4.68. The van der Waals surface area contributed by atoms with Crippen molar-refractivity contribution in [3.8, 4) is 11.5 Å². The molecular formula is C22H15NO5. The summed E-state index contributed by atoms with van der Waals surface area (Å²) >= 11 is 0. The van der Waals surface area contributed by atoms with Crippen LogP contribution in [-0.4, -0.2) is 16.2 Å². The van der Waals surface area contributed by atoms with Gasteiger partial charge in [-0.25, -0.2) is 0 Å². The molecule has 1 aliphatic rings. The van der Waals surface area contributed by atoms with Gasteiger partial charge in [0.25, 0.3) is 0 Å². The second-order valence-corrected chi connectivity index (χ2v) is 6.51. The summed E-state index contributed by atoms with van der Waals surface area (Å²) < 4.78 is 17.1. The zero-order chi connectivity index (χ0) is 19.3. The number of aromatic nitrogens is 1. The molecule has 0 amide bonds. The molecule has 0 radical (unpaired) electrons. The van der Waals surface area contributed by atoms with Crippen molar-refractivity contribution >= 4 is 33.5 Å². The number of esters is 1. The number of hydrogen-bond acceptors (Lipinski definition) is 6. The smallest absolute Gasteiger partial charge is 0.308 e. The molecule has 0 aliphatic heterocycles. The number of rotatable bonds is 3. The maximum atomic E-state index is 11.7. The normalized spacial score (nSPS) is 15.5. The molecule has 6 heteroatoms. The number of aliphatic hydroxyl groups excluding tert-OH is 1. The highest BCUT2D eigenvalue weighted by atomic mass is 16.5. The molecule has 0 spiro atoms. The molecule has 138 valence electrons. The van der Waals surface area contributed by atoms with Crippen LogP contribution in [-0.2, 0) is 4.79 Å². The summed E-state index contributed by atoms with van der Waals surface area (Å²) in [6.45, 7) is 1.33. The first kappa shape index (κ1) is 16.5. The Balaban J connectivity index is 1.78. The summed E-state index contributed by atoms with van der Waals surface area (Å²) in [5.41, 5.74) is 1.41. The van der Waals surface area contributed by atoms with Crippen molar-refractivity contribution in [1.29, 1.82) is 0 Å². The molecule has 0 bridgehead atoms. The second kappa shape index (κ2) is 6.21. The molecule has 0 saturated heterocycles. The van der Waals surface area contributed by atoms with Gasteiger partial charge in [0.2, 0.25) is 0 Å². The van der Waals surface area contributed by atoms with Gasteiger partial charge >= 0.3 is 5.97 Å². The first-order valence-electron chi connectivity index (χ1n) is 8.79. The van der Waals surface area contributed by atoms with Gasteiger partial charge in [0.1, 0.15) is 17.6 Å². The van der Waals surface area contributed by atoms with Crippen LogP contribution in [0, 0.1) is 0 Å². The van der Waals surface area contributed by atoms with Crippen molar-refractivity contribution in [3.05, 3.63) is 71.9 Å². The number of carbonyl (C=O) groups is 1. The molecule has 0 saturated carbocycles. The van der Waals surface area contributed by atoms with E-state index >= 15 is 0 Å². The first-order valence-corrected chi connectivity index (χ1v) is 8.79. The van der Waals surface area contributed by atoms with E-state index < -0.39 is 12.1 Å². The van der Waals surface area contributed by atoms with Crippen LogP contribution < -0.4 is 9.47 Å². The summed E-state index contributed by atoms with van der Waals surface area (Å²) in [7, 11) is 0. The summed E-state index contributed by atoms with van der Waals surface area (Å²) in [5.74, 6) is 0.833. The zero-order valence-electron chi connectivity index (χ0n) is 14.9. The summed E-state index contributed by atoms with van der Waals surface area (Å²) in [6.07, 6.45) is 0.487. The minimum Gasteiger partial charge on any atom is -0.455 e. The van der Waals surface area contributed by atoms with Gasteiger partial charge in [-0.3, -0.25) is 4.79 Å². The van der Waals surface area contributed by atoms with Gasteiger partial charge in [-0.15, -0.1) is 0 Å². The number of fused-ring (bicyclic) bond motifs is 2. The summed E-state index contributed by atoms with van der Waals surface area (Å²) in [6, 6.07) is 16.6. The lowest BCUT2D eigenvalue weighted by atomic mass is 9.91. The van der Waals surface area contributed by atoms with E-state index in [1.165, 1.54) is 13.0 Å². The van der Waals surface area contributed by atoms with E-state index in [1.54, 1.807) is 0 Å². The van der Waals surface area contributed by atoms with Crippen LogP contribution >= 0.6 is 0 Å². The van der Waals surface area contributed by atoms with Crippen LogP contribution in [0.15, 0.2) is 65.2 Å². The van der Waals surface area contributed by atoms with Gasteiger partial charge in [0.15, 0.2) is 17.0 Å². The van der Waals surface area contributed by atoms with Crippen LogP contribution in [0.2, 0.25) is 0 Å². The Morgan fingerprint density at radius 2 is 1.79 bits per heavy atom.